The van der Waals surface area contributed by atoms with E-state index in [1.807, 2.05) is 30.3 Å². The molecule has 0 spiro atoms. The van der Waals surface area contributed by atoms with Crippen LogP contribution in [-0.2, 0) is 38.8 Å². The number of oxime groups is 6. The van der Waals surface area contributed by atoms with Crippen molar-refractivity contribution in [3.63, 3.8) is 0 Å². The average Bonchev–Trinajstić information content (AvgIpc) is 2.98. The van der Waals surface area contributed by atoms with Crippen molar-refractivity contribution in [2.24, 2.45) is 30.9 Å². The van der Waals surface area contributed by atoms with Gasteiger partial charge in [0.25, 0.3) is 0 Å². The van der Waals surface area contributed by atoms with Crippen LogP contribution in [0.5, 0.6) is 0 Å². The van der Waals surface area contributed by atoms with E-state index in [9.17, 15) is 0 Å². The Balaban J connectivity index is 0. The third-order valence-corrected chi connectivity index (χ3v) is 5.80. The average molecular weight is 621 g/mol. The first-order valence-corrected chi connectivity index (χ1v) is 12.2. The van der Waals surface area contributed by atoms with Crippen molar-refractivity contribution in [1.82, 2.24) is 0 Å². The zero-order valence-corrected chi connectivity index (χ0v) is 24.5. The van der Waals surface area contributed by atoms with Crippen LogP contribution in [0.25, 0.3) is 0 Å². The standard InChI is InChI=1S/C7H7.3C6H10N2O2.Fe.Ti/c1-7-5-3-2-4-6-7;3*9-7-5-3-1-2-4-6(5)8-10;;/h2-6H,1H2;3*9-10H,1-4H2;;/q-1;;;;;/b;3*7-5+,8-6+;;. The molecular formula is C25H37FeN6O6Ti-. The van der Waals surface area contributed by atoms with E-state index in [0.717, 1.165) is 82.6 Å². The van der Waals surface area contributed by atoms with Crippen LogP contribution in [0, 0.1) is 6.92 Å². The van der Waals surface area contributed by atoms with Crippen LogP contribution in [0.2, 0.25) is 0 Å². The van der Waals surface area contributed by atoms with Crippen molar-refractivity contribution in [3.8, 4) is 0 Å². The van der Waals surface area contributed by atoms with Gasteiger partial charge in [0.2, 0.25) is 0 Å². The molecular weight excluding hydrogens is 584 g/mol. The fraction of sp³-hybridized carbons (Fsp3) is 0.480. The molecule has 0 bridgehead atoms. The van der Waals surface area contributed by atoms with E-state index < -0.39 is 0 Å². The third kappa shape index (κ3) is 15.4. The van der Waals surface area contributed by atoms with Crippen LogP contribution in [0.15, 0.2) is 61.3 Å². The van der Waals surface area contributed by atoms with E-state index >= 15 is 0 Å². The quantitative estimate of drug-likeness (QED) is 0.0954. The number of rotatable bonds is 0. The van der Waals surface area contributed by atoms with Gasteiger partial charge in [-0.05, 0) is 77.0 Å². The second-order valence-corrected chi connectivity index (χ2v) is 8.39. The predicted octanol–water partition coefficient (Wildman–Crippen LogP) is 5.53. The van der Waals surface area contributed by atoms with Gasteiger partial charge in [0.15, 0.2) is 0 Å². The summed E-state index contributed by atoms with van der Waals surface area (Å²) in [6.07, 6.45) is 10.4. The molecule has 3 aliphatic rings. The van der Waals surface area contributed by atoms with Crippen molar-refractivity contribution in [2.75, 3.05) is 0 Å². The molecule has 0 radical (unpaired) electrons. The minimum Gasteiger partial charge on any atom is -0.411 e. The molecule has 6 N–H and O–H groups in total. The van der Waals surface area contributed by atoms with E-state index in [-0.39, 0.29) is 38.8 Å². The van der Waals surface area contributed by atoms with E-state index in [4.69, 9.17) is 31.2 Å². The normalized spacial score (nSPS) is 22.8. The molecule has 0 unspecified atom stereocenters. The Labute approximate surface area is 254 Å². The Bertz CT molecular complexity index is 831. The molecule has 3 aliphatic carbocycles. The van der Waals surface area contributed by atoms with Gasteiger partial charge < -0.3 is 31.2 Å². The Morgan fingerprint density at radius 3 is 0.769 bits per heavy atom. The summed E-state index contributed by atoms with van der Waals surface area (Å²) in [6, 6.07) is 9.87. The largest absolute Gasteiger partial charge is 0.411 e. The minimum absolute atomic E-state index is 0. The number of nitrogens with zero attached hydrogens (tertiary/aromatic N) is 6. The van der Waals surface area contributed by atoms with Crippen LogP contribution in [-0.4, -0.2) is 65.5 Å². The summed E-state index contributed by atoms with van der Waals surface area (Å²) in [5.41, 5.74) is 4.20. The third-order valence-electron chi connectivity index (χ3n) is 5.80. The molecule has 216 valence electrons. The summed E-state index contributed by atoms with van der Waals surface area (Å²) in [5.74, 6) is 0. The van der Waals surface area contributed by atoms with Crippen molar-refractivity contribution < 1.29 is 70.0 Å². The maximum atomic E-state index is 8.39. The Hall–Kier alpha value is -2.86. The van der Waals surface area contributed by atoms with Crippen molar-refractivity contribution in [2.45, 2.75) is 77.0 Å². The molecule has 0 atom stereocenters. The molecule has 0 aromatic heterocycles. The topological polar surface area (TPSA) is 196 Å². The van der Waals surface area contributed by atoms with Crippen LogP contribution < -0.4 is 0 Å². The molecule has 3 fully saturated rings. The van der Waals surface area contributed by atoms with Crippen LogP contribution in [0.3, 0.4) is 0 Å². The van der Waals surface area contributed by atoms with Gasteiger partial charge >= 0.3 is 0 Å². The maximum absolute atomic E-state index is 8.39. The van der Waals surface area contributed by atoms with Crippen molar-refractivity contribution in [3.05, 3.63) is 42.8 Å². The molecule has 0 heterocycles. The Kier molecular flexibility index (Phi) is 23.8. The van der Waals surface area contributed by atoms with Gasteiger partial charge in [-0.15, -0.1) is 12.1 Å². The number of benzene rings is 1. The van der Waals surface area contributed by atoms with Gasteiger partial charge in [0, 0.05) is 38.8 Å². The molecule has 4 rings (SSSR count). The summed E-state index contributed by atoms with van der Waals surface area (Å²) in [5, 5.41) is 68.5. The first-order chi connectivity index (χ1) is 18.0. The Morgan fingerprint density at radius 2 is 0.641 bits per heavy atom. The first-order valence-electron chi connectivity index (χ1n) is 12.2. The van der Waals surface area contributed by atoms with E-state index in [2.05, 4.69) is 37.9 Å². The molecule has 3 saturated carbocycles. The minimum atomic E-state index is 0. The predicted molar refractivity (Wildman–Crippen MR) is 142 cm³/mol. The van der Waals surface area contributed by atoms with Gasteiger partial charge in [-0.2, -0.15) is 24.6 Å². The van der Waals surface area contributed by atoms with Crippen LogP contribution in [0.4, 0.5) is 0 Å². The van der Waals surface area contributed by atoms with Gasteiger partial charge in [0.1, 0.15) is 34.3 Å². The second-order valence-electron chi connectivity index (χ2n) is 8.39. The zero-order chi connectivity index (χ0) is 27.3. The van der Waals surface area contributed by atoms with Gasteiger partial charge in [-0.1, -0.05) is 37.0 Å². The summed E-state index contributed by atoms with van der Waals surface area (Å²) in [6.45, 7) is 3.72. The fourth-order valence-electron chi connectivity index (χ4n) is 3.74. The Morgan fingerprint density at radius 1 is 0.436 bits per heavy atom. The van der Waals surface area contributed by atoms with E-state index in [1.165, 1.54) is 0 Å². The molecule has 1 aromatic rings. The molecule has 14 heteroatoms. The molecule has 12 nitrogen and oxygen atoms in total. The van der Waals surface area contributed by atoms with Crippen molar-refractivity contribution >= 4 is 34.3 Å². The first kappa shape index (κ1) is 38.3. The number of hydrogen-bond acceptors (Lipinski definition) is 12. The van der Waals surface area contributed by atoms with Crippen LogP contribution in [0.1, 0.15) is 82.6 Å². The molecule has 1 aromatic carbocycles. The summed E-state index contributed by atoms with van der Waals surface area (Å²) >= 11 is 0. The second kappa shape index (κ2) is 24.2. The van der Waals surface area contributed by atoms with E-state index in [0.29, 0.717) is 34.3 Å². The number of hydrogen-bond donors (Lipinski definition) is 6. The van der Waals surface area contributed by atoms with Gasteiger partial charge in [0.05, 0.1) is 0 Å². The van der Waals surface area contributed by atoms with Gasteiger partial charge in [-0.3, -0.25) is 0 Å². The summed E-state index contributed by atoms with van der Waals surface area (Å²) in [4.78, 5) is 0. The maximum Gasteiger partial charge on any atom is 0.104 e. The zero-order valence-electron chi connectivity index (χ0n) is 21.8. The molecule has 0 aliphatic heterocycles. The van der Waals surface area contributed by atoms with E-state index in [1.54, 1.807) is 0 Å². The smallest absolute Gasteiger partial charge is 0.104 e. The van der Waals surface area contributed by atoms with Gasteiger partial charge in [-0.25, -0.2) is 0 Å². The van der Waals surface area contributed by atoms with Crippen molar-refractivity contribution in [1.29, 1.82) is 0 Å². The van der Waals surface area contributed by atoms with Crippen LogP contribution >= 0.6 is 0 Å². The molecule has 39 heavy (non-hydrogen) atoms. The molecule has 0 amide bonds. The molecule has 0 saturated heterocycles. The fourth-order valence-corrected chi connectivity index (χ4v) is 3.74. The monoisotopic (exact) mass is 621 g/mol. The summed E-state index contributed by atoms with van der Waals surface area (Å²) in [7, 11) is 0. The SMILES string of the molecule is O/N=C1\CCCC\C1=N/O.O/N=C1\CCCC\C1=N/O.O/N=C1\CCCC\C1=N/O.[CH2-]c1ccccc1.[Fe].[Ti]. The summed E-state index contributed by atoms with van der Waals surface area (Å²) < 4.78 is 0.